The third-order valence-electron chi connectivity index (χ3n) is 2.13. The molecule has 2 aromatic rings. The summed E-state index contributed by atoms with van der Waals surface area (Å²) in [6.07, 6.45) is 0. The second kappa shape index (κ2) is 5.26. The lowest BCUT2D eigenvalue weighted by atomic mass is 10.2. The Balaban J connectivity index is 2.32. The third kappa shape index (κ3) is 2.56. The van der Waals surface area contributed by atoms with Gasteiger partial charge in [-0.05, 0) is 41.1 Å². The first-order valence-electron chi connectivity index (χ1n) is 5.16. The fraction of sp³-hybridized carbons (Fsp3) is 0.182. The molecule has 0 saturated heterocycles. The maximum atomic E-state index is 12.9. The van der Waals surface area contributed by atoms with Gasteiger partial charge in [0.05, 0.1) is 6.61 Å². The minimum absolute atomic E-state index is 0.0167. The number of nitrogens with one attached hydrogen (secondary N) is 1. The summed E-state index contributed by atoms with van der Waals surface area (Å²) in [5, 5.41) is 6.37. The third-order valence-corrected chi connectivity index (χ3v) is 2.78. The number of carbonyl (C=O) groups is 1. The largest absolute Gasteiger partial charge is 0.460 e. The molecular weight excluding hydrogens is 305 g/mol. The fourth-order valence-corrected chi connectivity index (χ4v) is 1.87. The number of esters is 1. The van der Waals surface area contributed by atoms with Crippen LogP contribution in [0.25, 0.3) is 11.4 Å². The standard InChI is InChI=1S/C11H9BrFN3O2/c1-2-18-11(17)10-14-9(15-16-10)7-4-3-6(13)5-8(7)12/h3-5H,2H2,1H3,(H,14,15,16). The highest BCUT2D eigenvalue weighted by atomic mass is 79.9. The van der Waals surface area contributed by atoms with E-state index in [1.807, 2.05) is 0 Å². The molecule has 7 heteroatoms. The van der Waals surface area contributed by atoms with Crippen LogP contribution in [0.2, 0.25) is 0 Å². The van der Waals surface area contributed by atoms with Gasteiger partial charge in [0.1, 0.15) is 5.82 Å². The molecule has 0 amide bonds. The Labute approximate surface area is 111 Å². The van der Waals surface area contributed by atoms with E-state index in [-0.39, 0.29) is 18.2 Å². The second-order valence-electron chi connectivity index (χ2n) is 3.35. The molecule has 0 aliphatic rings. The topological polar surface area (TPSA) is 67.9 Å². The number of hydrogen-bond donors (Lipinski definition) is 1. The fourth-order valence-electron chi connectivity index (χ4n) is 1.34. The molecule has 0 fully saturated rings. The van der Waals surface area contributed by atoms with Crippen LogP contribution in [-0.4, -0.2) is 27.8 Å². The molecule has 1 aromatic heterocycles. The molecule has 0 atom stereocenters. The zero-order chi connectivity index (χ0) is 13.1. The number of carbonyl (C=O) groups excluding carboxylic acids is 1. The molecule has 1 aromatic carbocycles. The van der Waals surface area contributed by atoms with Gasteiger partial charge in [-0.1, -0.05) is 0 Å². The maximum Gasteiger partial charge on any atom is 0.375 e. The molecular formula is C11H9BrFN3O2. The van der Waals surface area contributed by atoms with Crippen molar-refractivity contribution in [3.8, 4) is 11.4 Å². The van der Waals surface area contributed by atoms with Gasteiger partial charge in [0.25, 0.3) is 0 Å². The van der Waals surface area contributed by atoms with Crippen LogP contribution in [0.5, 0.6) is 0 Å². The zero-order valence-electron chi connectivity index (χ0n) is 9.41. The Morgan fingerprint density at radius 3 is 3.00 bits per heavy atom. The van der Waals surface area contributed by atoms with Gasteiger partial charge in [0, 0.05) is 10.0 Å². The summed E-state index contributed by atoms with van der Waals surface area (Å²) in [5.74, 6) is -0.630. The molecule has 0 aliphatic carbocycles. The number of ether oxygens (including phenoxy) is 1. The summed E-state index contributed by atoms with van der Waals surface area (Å²) in [4.78, 5) is 15.4. The summed E-state index contributed by atoms with van der Waals surface area (Å²) in [6, 6.07) is 4.12. The molecule has 0 unspecified atom stereocenters. The molecule has 0 bridgehead atoms. The lowest BCUT2D eigenvalue weighted by Crippen LogP contribution is -2.06. The van der Waals surface area contributed by atoms with E-state index >= 15 is 0 Å². The van der Waals surface area contributed by atoms with E-state index in [4.69, 9.17) is 4.74 Å². The number of hydrogen-bond acceptors (Lipinski definition) is 4. The highest BCUT2D eigenvalue weighted by Crippen LogP contribution is 2.26. The van der Waals surface area contributed by atoms with Crippen molar-refractivity contribution >= 4 is 21.9 Å². The highest BCUT2D eigenvalue weighted by Gasteiger charge is 2.15. The molecule has 0 aliphatic heterocycles. The average Bonchev–Trinajstić information content (AvgIpc) is 2.78. The van der Waals surface area contributed by atoms with Crippen molar-refractivity contribution in [3.05, 3.63) is 34.3 Å². The Morgan fingerprint density at radius 2 is 2.33 bits per heavy atom. The van der Waals surface area contributed by atoms with E-state index < -0.39 is 5.97 Å². The predicted octanol–water partition coefficient (Wildman–Crippen LogP) is 2.55. The van der Waals surface area contributed by atoms with Crippen molar-refractivity contribution < 1.29 is 13.9 Å². The molecule has 18 heavy (non-hydrogen) atoms. The summed E-state index contributed by atoms with van der Waals surface area (Å²) in [5.41, 5.74) is 0.586. The first-order chi connectivity index (χ1) is 8.61. The number of halogens is 2. The minimum Gasteiger partial charge on any atom is -0.460 e. The van der Waals surface area contributed by atoms with E-state index in [0.29, 0.717) is 15.9 Å². The van der Waals surface area contributed by atoms with Crippen LogP contribution in [0.15, 0.2) is 22.7 Å². The van der Waals surface area contributed by atoms with E-state index in [2.05, 4.69) is 31.1 Å². The van der Waals surface area contributed by atoms with E-state index in [0.717, 1.165) is 0 Å². The van der Waals surface area contributed by atoms with E-state index in [9.17, 15) is 9.18 Å². The van der Waals surface area contributed by atoms with Gasteiger partial charge in [-0.15, -0.1) is 0 Å². The summed E-state index contributed by atoms with van der Waals surface area (Å²) in [6.45, 7) is 1.96. The number of nitrogens with zero attached hydrogens (tertiary/aromatic N) is 2. The van der Waals surface area contributed by atoms with Crippen LogP contribution in [0.1, 0.15) is 17.5 Å². The van der Waals surface area contributed by atoms with Crippen LogP contribution >= 0.6 is 15.9 Å². The van der Waals surface area contributed by atoms with Crippen molar-refractivity contribution in [2.24, 2.45) is 0 Å². The van der Waals surface area contributed by atoms with Gasteiger partial charge in [0.2, 0.25) is 5.82 Å². The van der Waals surface area contributed by atoms with Crippen molar-refractivity contribution in [3.63, 3.8) is 0 Å². The Kier molecular flexibility index (Phi) is 3.71. The molecule has 0 saturated carbocycles. The summed E-state index contributed by atoms with van der Waals surface area (Å²) < 4.78 is 18.2. The molecule has 1 heterocycles. The molecule has 0 radical (unpaired) electrons. The van der Waals surface area contributed by atoms with E-state index in [1.54, 1.807) is 6.92 Å². The lowest BCUT2D eigenvalue weighted by Gasteiger charge is -1.99. The van der Waals surface area contributed by atoms with Gasteiger partial charge in [-0.2, -0.15) is 5.10 Å². The number of aromatic nitrogens is 3. The average molecular weight is 314 g/mol. The smallest absolute Gasteiger partial charge is 0.375 e. The lowest BCUT2D eigenvalue weighted by molar-refractivity contribution is 0.0512. The number of aromatic amines is 1. The van der Waals surface area contributed by atoms with Gasteiger partial charge >= 0.3 is 5.97 Å². The Morgan fingerprint density at radius 1 is 1.56 bits per heavy atom. The maximum absolute atomic E-state index is 12.9. The van der Waals surface area contributed by atoms with Crippen molar-refractivity contribution in [1.82, 2.24) is 15.2 Å². The van der Waals surface area contributed by atoms with Gasteiger partial charge < -0.3 is 4.74 Å². The monoisotopic (exact) mass is 313 g/mol. The quantitative estimate of drug-likeness (QED) is 0.884. The summed E-state index contributed by atoms with van der Waals surface area (Å²) in [7, 11) is 0. The molecule has 1 N–H and O–H groups in total. The van der Waals surface area contributed by atoms with Crippen LogP contribution in [0.3, 0.4) is 0 Å². The first kappa shape index (κ1) is 12.7. The summed E-state index contributed by atoms with van der Waals surface area (Å²) >= 11 is 3.21. The number of H-pyrrole nitrogens is 1. The molecule has 94 valence electrons. The number of benzene rings is 1. The molecule has 5 nitrogen and oxygen atoms in total. The van der Waals surface area contributed by atoms with Crippen molar-refractivity contribution in [2.45, 2.75) is 6.92 Å². The van der Waals surface area contributed by atoms with Crippen LogP contribution < -0.4 is 0 Å². The molecule has 2 rings (SSSR count). The van der Waals surface area contributed by atoms with Gasteiger partial charge in [-0.25, -0.2) is 14.2 Å². The Bertz CT molecular complexity index is 585. The van der Waals surface area contributed by atoms with Crippen LogP contribution in [0.4, 0.5) is 4.39 Å². The Hall–Kier alpha value is -1.76. The van der Waals surface area contributed by atoms with Gasteiger partial charge in [0.15, 0.2) is 5.82 Å². The normalized spacial score (nSPS) is 10.4. The highest BCUT2D eigenvalue weighted by molar-refractivity contribution is 9.10. The zero-order valence-corrected chi connectivity index (χ0v) is 11.0. The predicted molar refractivity (Wildman–Crippen MR) is 65.4 cm³/mol. The minimum atomic E-state index is -0.575. The van der Waals surface area contributed by atoms with Gasteiger partial charge in [-0.3, -0.25) is 5.10 Å². The van der Waals surface area contributed by atoms with Crippen molar-refractivity contribution in [2.75, 3.05) is 6.61 Å². The van der Waals surface area contributed by atoms with E-state index in [1.165, 1.54) is 18.2 Å². The van der Waals surface area contributed by atoms with Crippen molar-refractivity contribution in [1.29, 1.82) is 0 Å². The number of rotatable bonds is 3. The molecule has 0 spiro atoms. The first-order valence-corrected chi connectivity index (χ1v) is 5.96. The SMILES string of the molecule is CCOC(=O)c1nc(-c2ccc(F)cc2Br)n[nH]1. The van der Waals surface area contributed by atoms with Crippen LogP contribution in [-0.2, 0) is 4.74 Å². The second-order valence-corrected chi connectivity index (χ2v) is 4.21. The van der Waals surface area contributed by atoms with Crippen LogP contribution in [0, 0.1) is 5.82 Å².